The Hall–Kier alpha value is -4.47. The number of benzene rings is 1. The Morgan fingerprint density at radius 3 is 2.69 bits per heavy atom. The van der Waals surface area contributed by atoms with Crippen molar-refractivity contribution in [3.63, 3.8) is 0 Å². The number of ether oxygens (including phenoxy) is 1. The van der Waals surface area contributed by atoms with Gasteiger partial charge in [0, 0.05) is 12.0 Å². The molecule has 1 aliphatic heterocycles. The van der Waals surface area contributed by atoms with Crippen LogP contribution in [0.25, 0.3) is 6.08 Å². The quantitative estimate of drug-likeness (QED) is 0.285. The Balaban J connectivity index is 1.40. The molecule has 0 saturated heterocycles. The van der Waals surface area contributed by atoms with E-state index in [-0.39, 0.29) is 11.5 Å². The molecule has 178 valence electrons. The number of hydrogen-bond acceptors (Lipinski definition) is 8. The van der Waals surface area contributed by atoms with Crippen molar-refractivity contribution in [2.24, 2.45) is 11.0 Å². The summed E-state index contributed by atoms with van der Waals surface area (Å²) in [4.78, 5) is 36.3. The van der Waals surface area contributed by atoms with Gasteiger partial charge in [-0.3, -0.25) is 14.9 Å². The molecule has 1 aliphatic carbocycles. The smallest absolute Gasteiger partial charge is 0.345 e. The normalized spacial score (nSPS) is 20.4. The molecular weight excluding hydrogens is 454 g/mol. The van der Waals surface area contributed by atoms with Crippen molar-refractivity contribution in [2.45, 2.75) is 25.3 Å². The van der Waals surface area contributed by atoms with E-state index in [0.29, 0.717) is 11.5 Å². The molecule has 2 aromatic heterocycles. The lowest BCUT2D eigenvalue weighted by molar-refractivity contribution is -0.385. The molecule has 0 radical (unpaired) electrons. The van der Waals surface area contributed by atoms with Gasteiger partial charge in [0.25, 0.3) is 11.6 Å². The molecule has 3 aromatic rings. The fraction of sp³-hybridized carbons (Fsp3) is 0.240. The molecule has 0 spiro atoms. The number of carbonyl (C=O) groups is 2. The summed E-state index contributed by atoms with van der Waals surface area (Å²) in [7, 11) is 0. The van der Waals surface area contributed by atoms with Gasteiger partial charge < -0.3 is 13.6 Å². The number of esters is 1. The third-order valence-electron chi connectivity index (χ3n) is 6.10. The SMILES string of the molecule is O=C(OCC(=O)N1N=C2C(=Cc3ccco3)CCCC2C1c1ccco1)c1ccccc1[N+](=O)[O-]. The van der Waals surface area contributed by atoms with Crippen LogP contribution >= 0.6 is 0 Å². The van der Waals surface area contributed by atoms with Crippen LogP contribution in [0.4, 0.5) is 5.69 Å². The molecule has 10 nitrogen and oxygen atoms in total. The molecule has 0 bridgehead atoms. The first kappa shape index (κ1) is 22.3. The zero-order chi connectivity index (χ0) is 24.4. The Morgan fingerprint density at radius 1 is 1.14 bits per heavy atom. The van der Waals surface area contributed by atoms with Crippen LogP contribution in [-0.2, 0) is 9.53 Å². The van der Waals surface area contributed by atoms with Crippen LogP contribution < -0.4 is 0 Å². The number of rotatable bonds is 6. The van der Waals surface area contributed by atoms with E-state index in [1.807, 2.05) is 12.1 Å². The van der Waals surface area contributed by atoms with Gasteiger partial charge in [-0.05, 0) is 61.2 Å². The first-order valence-corrected chi connectivity index (χ1v) is 11.1. The van der Waals surface area contributed by atoms with Gasteiger partial charge in [-0.2, -0.15) is 5.10 Å². The summed E-state index contributed by atoms with van der Waals surface area (Å²) in [6.45, 7) is -0.622. The first-order valence-electron chi connectivity index (χ1n) is 11.1. The lowest BCUT2D eigenvalue weighted by Crippen LogP contribution is -2.34. The topological polar surface area (TPSA) is 128 Å². The fourth-order valence-corrected chi connectivity index (χ4v) is 4.57. The third-order valence-corrected chi connectivity index (χ3v) is 6.10. The summed E-state index contributed by atoms with van der Waals surface area (Å²) in [5.74, 6) is -0.334. The molecule has 5 rings (SSSR count). The van der Waals surface area contributed by atoms with Gasteiger partial charge in [-0.1, -0.05) is 12.1 Å². The van der Waals surface area contributed by atoms with E-state index in [2.05, 4.69) is 5.10 Å². The highest BCUT2D eigenvalue weighted by molar-refractivity contribution is 6.08. The zero-order valence-electron chi connectivity index (χ0n) is 18.5. The second kappa shape index (κ2) is 9.41. The van der Waals surface area contributed by atoms with E-state index in [4.69, 9.17) is 13.6 Å². The number of furan rings is 2. The lowest BCUT2D eigenvalue weighted by Gasteiger charge is -2.27. The summed E-state index contributed by atoms with van der Waals surface area (Å²) in [6, 6.07) is 12.1. The van der Waals surface area contributed by atoms with Crippen LogP contribution in [0.3, 0.4) is 0 Å². The highest BCUT2D eigenvalue weighted by atomic mass is 16.6. The molecule has 1 amide bonds. The van der Waals surface area contributed by atoms with Crippen molar-refractivity contribution in [3.05, 3.63) is 93.8 Å². The predicted octanol–water partition coefficient (Wildman–Crippen LogP) is 4.76. The number of nitro benzene ring substituents is 1. The van der Waals surface area contributed by atoms with E-state index < -0.39 is 35.1 Å². The predicted molar refractivity (Wildman–Crippen MR) is 123 cm³/mol. The summed E-state index contributed by atoms with van der Waals surface area (Å²) in [5.41, 5.74) is 1.13. The van der Waals surface area contributed by atoms with Gasteiger partial charge in [0.1, 0.15) is 23.1 Å². The van der Waals surface area contributed by atoms with Crippen molar-refractivity contribution in [2.75, 3.05) is 6.61 Å². The van der Waals surface area contributed by atoms with Crippen molar-refractivity contribution >= 4 is 29.4 Å². The molecule has 2 unspecified atom stereocenters. The number of para-hydroxylation sites is 1. The second-order valence-electron chi connectivity index (χ2n) is 8.22. The Kier molecular flexibility index (Phi) is 6.01. The number of fused-ring (bicyclic) bond motifs is 1. The minimum absolute atomic E-state index is 0.0917. The molecule has 2 aliphatic rings. The van der Waals surface area contributed by atoms with Crippen LogP contribution in [0.1, 0.15) is 47.2 Å². The fourth-order valence-electron chi connectivity index (χ4n) is 4.57. The van der Waals surface area contributed by atoms with E-state index in [1.165, 1.54) is 35.5 Å². The number of amides is 1. The summed E-state index contributed by atoms with van der Waals surface area (Å²) < 4.78 is 16.3. The maximum Gasteiger partial charge on any atom is 0.345 e. The van der Waals surface area contributed by atoms with Crippen molar-refractivity contribution in [3.8, 4) is 0 Å². The maximum atomic E-state index is 13.2. The molecule has 35 heavy (non-hydrogen) atoms. The van der Waals surface area contributed by atoms with Crippen molar-refractivity contribution in [1.82, 2.24) is 5.01 Å². The number of allylic oxidation sites excluding steroid dienone is 1. The van der Waals surface area contributed by atoms with E-state index in [1.54, 1.807) is 24.5 Å². The molecule has 10 heteroatoms. The molecule has 1 aromatic carbocycles. The van der Waals surface area contributed by atoms with Gasteiger partial charge in [0.2, 0.25) is 0 Å². The van der Waals surface area contributed by atoms with Gasteiger partial charge in [-0.25, -0.2) is 9.80 Å². The van der Waals surface area contributed by atoms with E-state index >= 15 is 0 Å². The zero-order valence-corrected chi connectivity index (χ0v) is 18.5. The molecular formula is C25H21N3O7. The highest BCUT2D eigenvalue weighted by Crippen LogP contribution is 2.44. The van der Waals surface area contributed by atoms with Crippen molar-refractivity contribution in [1.29, 1.82) is 0 Å². The number of hydrogen-bond donors (Lipinski definition) is 0. The largest absolute Gasteiger partial charge is 0.467 e. The molecule has 2 atom stereocenters. The molecule has 3 heterocycles. The summed E-state index contributed by atoms with van der Waals surface area (Å²) >= 11 is 0. The van der Waals surface area contributed by atoms with Gasteiger partial charge in [0.15, 0.2) is 6.61 Å². The third kappa shape index (κ3) is 4.37. The van der Waals surface area contributed by atoms with Gasteiger partial charge in [0.05, 0.1) is 23.2 Å². The Labute approximate surface area is 199 Å². The minimum Gasteiger partial charge on any atom is -0.467 e. The second-order valence-corrected chi connectivity index (χ2v) is 8.22. The van der Waals surface area contributed by atoms with E-state index in [0.717, 1.165) is 30.5 Å². The molecule has 1 fully saturated rings. The van der Waals surface area contributed by atoms with Gasteiger partial charge in [-0.15, -0.1) is 0 Å². The highest BCUT2D eigenvalue weighted by Gasteiger charge is 2.45. The van der Waals surface area contributed by atoms with Crippen LogP contribution in [-0.4, -0.2) is 34.1 Å². The van der Waals surface area contributed by atoms with Crippen LogP contribution in [0.5, 0.6) is 0 Å². The maximum absolute atomic E-state index is 13.2. The minimum atomic E-state index is -0.956. The monoisotopic (exact) mass is 475 g/mol. The standard InChI is InChI=1S/C25H21N3O7/c29-22(15-35-25(30)18-8-1-2-10-20(18)28(31)32)27-24(21-11-5-13-34-21)19-9-3-6-16(23(19)26-27)14-17-7-4-12-33-17/h1-2,4-5,7-8,10-14,19,24H,3,6,9,15H2. The summed E-state index contributed by atoms with van der Waals surface area (Å²) in [6.07, 6.45) is 7.55. The van der Waals surface area contributed by atoms with Gasteiger partial charge >= 0.3 is 5.97 Å². The van der Waals surface area contributed by atoms with Crippen LogP contribution in [0.2, 0.25) is 0 Å². The summed E-state index contributed by atoms with van der Waals surface area (Å²) in [5, 5.41) is 17.2. The first-order chi connectivity index (χ1) is 17.0. The average Bonchev–Trinajstić information content (AvgIpc) is 3.63. The average molecular weight is 475 g/mol. The number of hydrazone groups is 1. The molecule has 0 N–H and O–H groups in total. The number of nitrogens with zero attached hydrogens (tertiary/aromatic N) is 3. The Bertz CT molecular complexity index is 1310. The number of nitro groups is 1. The van der Waals surface area contributed by atoms with Crippen LogP contribution in [0, 0.1) is 16.0 Å². The van der Waals surface area contributed by atoms with Crippen molar-refractivity contribution < 1.29 is 28.1 Å². The molecule has 1 saturated carbocycles. The van der Waals surface area contributed by atoms with Crippen LogP contribution in [0.15, 0.2) is 80.6 Å². The van der Waals surface area contributed by atoms with E-state index in [9.17, 15) is 19.7 Å². The Morgan fingerprint density at radius 2 is 1.94 bits per heavy atom. The number of carbonyl (C=O) groups excluding carboxylic acids is 2. The lowest BCUT2D eigenvalue weighted by atomic mass is 9.79.